The molecule has 2 nitrogen and oxygen atoms in total. The predicted octanol–water partition coefficient (Wildman–Crippen LogP) is 3.72. The highest BCUT2D eigenvalue weighted by atomic mass is 16.2. The lowest BCUT2D eigenvalue weighted by atomic mass is 9.93. The highest BCUT2D eigenvalue weighted by Gasteiger charge is 2.24. The van der Waals surface area contributed by atoms with E-state index in [0.29, 0.717) is 18.4 Å². The monoisotopic (exact) mass is 259 g/mol. The second-order valence-electron chi connectivity index (χ2n) is 5.57. The molecule has 0 heterocycles. The molecule has 0 aromatic heterocycles. The molecule has 1 aromatic rings. The second-order valence-corrected chi connectivity index (χ2v) is 5.57. The molecule has 0 aliphatic heterocycles. The molecule has 0 saturated heterocycles. The molecule has 0 unspecified atom stereocenters. The molecular formula is C17H25NO. The van der Waals surface area contributed by atoms with E-state index in [2.05, 4.69) is 30.9 Å². The maximum Gasteiger partial charge on any atom is 0.227 e. The van der Waals surface area contributed by atoms with Gasteiger partial charge in [0.05, 0.1) is 6.42 Å². The minimum Gasteiger partial charge on any atom is -0.340 e. The third-order valence-corrected chi connectivity index (χ3v) is 4.28. The van der Waals surface area contributed by atoms with E-state index in [1.807, 2.05) is 12.1 Å². The van der Waals surface area contributed by atoms with Crippen LogP contribution in [-0.4, -0.2) is 23.4 Å². The number of carbonyl (C=O) groups is 1. The van der Waals surface area contributed by atoms with Crippen molar-refractivity contribution < 1.29 is 4.79 Å². The lowest BCUT2D eigenvalue weighted by Crippen LogP contribution is -2.42. The van der Waals surface area contributed by atoms with Gasteiger partial charge in [0.1, 0.15) is 0 Å². The summed E-state index contributed by atoms with van der Waals surface area (Å²) in [4.78, 5) is 14.6. The Morgan fingerprint density at radius 3 is 2.53 bits per heavy atom. The van der Waals surface area contributed by atoms with E-state index in [-0.39, 0.29) is 0 Å². The van der Waals surface area contributed by atoms with Gasteiger partial charge in [0.25, 0.3) is 0 Å². The number of aryl methyl sites for hydroxylation is 1. The summed E-state index contributed by atoms with van der Waals surface area (Å²) < 4.78 is 0. The second kappa shape index (κ2) is 6.74. The normalized spacial score (nSPS) is 16.3. The van der Waals surface area contributed by atoms with Gasteiger partial charge in [0.15, 0.2) is 0 Å². The number of amides is 1. The van der Waals surface area contributed by atoms with Crippen molar-refractivity contribution in [2.75, 3.05) is 6.54 Å². The van der Waals surface area contributed by atoms with Crippen molar-refractivity contribution in [3.8, 4) is 0 Å². The summed E-state index contributed by atoms with van der Waals surface area (Å²) in [5, 5.41) is 0. The van der Waals surface area contributed by atoms with Crippen LogP contribution in [0.4, 0.5) is 0 Å². The average molecular weight is 259 g/mol. The van der Waals surface area contributed by atoms with Gasteiger partial charge in [-0.15, -0.1) is 0 Å². The molecule has 0 atom stereocenters. The van der Waals surface area contributed by atoms with E-state index < -0.39 is 0 Å². The molecule has 1 fully saturated rings. The molecule has 0 spiro atoms. The zero-order valence-corrected chi connectivity index (χ0v) is 12.2. The molecule has 1 saturated carbocycles. The van der Waals surface area contributed by atoms with Crippen molar-refractivity contribution in [1.29, 1.82) is 0 Å². The number of hydrogen-bond acceptors (Lipinski definition) is 1. The fourth-order valence-electron chi connectivity index (χ4n) is 3.10. The lowest BCUT2D eigenvalue weighted by Gasteiger charge is -2.33. The summed E-state index contributed by atoms with van der Waals surface area (Å²) in [7, 11) is 0. The Labute approximate surface area is 116 Å². The summed E-state index contributed by atoms with van der Waals surface area (Å²) in [6.07, 6.45) is 6.81. The Balaban J connectivity index is 2.02. The van der Waals surface area contributed by atoms with Gasteiger partial charge in [-0.05, 0) is 37.8 Å². The topological polar surface area (TPSA) is 20.3 Å². The Morgan fingerprint density at radius 2 is 1.89 bits per heavy atom. The van der Waals surface area contributed by atoms with Crippen LogP contribution in [0.5, 0.6) is 0 Å². The summed E-state index contributed by atoms with van der Waals surface area (Å²) in [6, 6.07) is 8.69. The van der Waals surface area contributed by atoms with Gasteiger partial charge < -0.3 is 4.90 Å². The van der Waals surface area contributed by atoms with Gasteiger partial charge in [-0.3, -0.25) is 4.79 Å². The molecule has 0 radical (unpaired) electrons. The van der Waals surface area contributed by atoms with Crippen LogP contribution >= 0.6 is 0 Å². The quantitative estimate of drug-likeness (QED) is 0.807. The number of likely N-dealkylation sites (N-methyl/N-ethyl adjacent to an activating group) is 1. The minimum absolute atomic E-state index is 0.295. The SMILES string of the molecule is CCN(C(=O)Cc1ccccc1C)C1CCCCC1. The first-order valence-electron chi connectivity index (χ1n) is 7.56. The zero-order chi connectivity index (χ0) is 13.7. The number of carbonyl (C=O) groups excluding carboxylic acids is 1. The first-order chi connectivity index (χ1) is 9.22. The smallest absolute Gasteiger partial charge is 0.227 e. The Morgan fingerprint density at radius 1 is 1.21 bits per heavy atom. The van der Waals surface area contributed by atoms with E-state index >= 15 is 0 Å². The van der Waals surface area contributed by atoms with Crippen LogP contribution in [0.15, 0.2) is 24.3 Å². The average Bonchev–Trinajstić information content (AvgIpc) is 2.43. The number of hydrogen-bond donors (Lipinski definition) is 0. The Kier molecular flexibility index (Phi) is 5.00. The van der Waals surface area contributed by atoms with Crippen LogP contribution in [0.1, 0.15) is 50.2 Å². The van der Waals surface area contributed by atoms with E-state index in [4.69, 9.17) is 0 Å². The summed E-state index contributed by atoms with van der Waals surface area (Å²) in [6.45, 7) is 5.03. The van der Waals surface area contributed by atoms with Crippen molar-refractivity contribution in [1.82, 2.24) is 4.90 Å². The van der Waals surface area contributed by atoms with E-state index in [9.17, 15) is 4.79 Å². The fraction of sp³-hybridized carbons (Fsp3) is 0.588. The first kappa shape index (κ1) is 14.1. The highest BCUT2D eigenvalue weighted by Crippen LogP contribution is 2.23. The van der Waals surface area contributed by atoms with E-state index in [1.165, 1.54) is 43.2 Å². The van der Waals surface area contributed by atoms with Crippen LogP contribution < -0.4 is 0 Å². The van der Waals surface area contributed by atoms with Crippen LogP contribution in [0, 0.1) is 6.92 Å². The number of rotatable bonds is 4. The molecule has 1 aromatic carbocycles. The van der Waals surface area contributed by atoms with Crippen LogP contribution in [0.25, 0.3) is 0 Å². The summed E-state index contributed by atoms with van der Waals surface area (Å²) in [5.41, 5.74) is 2.39. The van der Waals surface area contributed by atoms with Crippen molar-refractivity contribution in [2.24, 2.45) is 0 Å². The van der Waals surface area contributed by atoms with Crippen LogP contribution in [0.3, 0.4) is 0 Å². The molecule has 2 rings (SSSR count). The third-order valence-electron chi connectivity index (χ3n) is 4.28. The molecule has 1 amide bonds. The summed E-state index contributed by atoms with van der Waals surface area (Å²) in [5.74, 6) is 0.295. The van der Waals surface area contributed by atoms with Crippen LogP contribution in [0.2, 0.25) is 0 Å². The Hall–Kier alpha value is -1.31. The van der Waals surface area contributed by atoms with Gasteiger partial charge in [-0.2, -0.15) is 0 Å². The standard InChI is InChI=1S/C17H25NO/c1-3-18(16-11-5-4-6-12-16)17(19)13-15-10-8-7-9-14(15)2/h7-10,16H,3-6,11-13H2,1-2H3. The molecule has 1 aliphatic carbocycles. The van der Waals surface area contributed by atoms with Gasteiger partial charge in [-0.25, -0.2) is 0 Å². The van der Waals surface area contributed by atoms with Crippen molar-refractivity contribution in [3.63, 3.8) is 0 Å². The molecular weight excluding hydrogens is 234 g/mol. The fourth-order valence-corrected chi connectivity index (χ4v) is 3.10. The van der Waals surface area contributed by atoms with Gasteiger partial charge in [0.2, 0.25) is 5.91 Å². The molecule has 0 N–H and O–H groups in total. The maximum atomic E-state index is 12.5. The third kappa shape index (κ3) is 3.59. The van der Waals surface area contributed by atoms with Gasteiger partial charge in [0, 0.05) is 12.6 Å². The molecule has 2 heteroatoms. The highest BCUT2D eigenvalue weighted by molar-refractivity contribution is 5.79. The molecule has 0 bridgehead atoms. The van der Waals surface area contributed by atoms with Crippen molar-refractivity contribution in [2.45, 2.75) is 58.4 Å². The molecule has 104 valence electrons. The van der Waals surface area contributed by atoms with Gasteiger partial charge >= 0.3 is 0 Å². The number of nitrogens with zero attached hydrogens (tertiary/aromatic N) is 1. The zero-order valence-electron chi connectivity index (χ0n) is 12.2. The Bertz CT molecular complexity index is 421. The van der Waals surface area contributed by atoms with Gasteiger partial charge in [-0.1, -0.05) is 43.5 Å². The van der Waals surface area contributed by atoms with Crippen molar-refractivity contribution >= 4 is 5.91 Å². The predicted molar refractivity (Wildman–Crippen MR) is 79.1 cm³/mol. The van der Waals surface area contributed by atoms with Crippen LogP contribution in [-0.2, 0) is 11.2 Å². The largest absolute Gasteiger partial charge is 0.340 e. The molecule has 1 aliphatic rings. The summed E-state index contributed by atoms with van der Waals surface area (Å²) >= 11 is 0. The maximum absolute atomic E-state index is 12.5. The minimum atomic E-state index is 0.295. The van der Waals surface area contributed by atoms with E-state index in [0.717, 1.165) is 6.54 Å². The first-order valence-corrected chi connectivity index (χ1v) is 7.56. The number of benzene rings is 1. The van der Waals surface area contributed by atoms with E-state index in [1.54, 1.807) is 0 Å². The lowest BCUT2D eigenvalue weighted by molar-refractivity contribution is -0.133. The van der Waals surface area contributed by atoms with Crippen molar-refractivity contribution in [3.05, 3.63) is 35.4 Å². The molecule has 19 heavy (non-hydrogen) atoms.